The third-order valence-corrected chi connectivity index (χ3v) is 4.01. The van der Waals surface area contributed by atoms with E-state index in [2.05, 4.69) is 15.9 Å². The molecule has 0 radical (unpaired) electrons. The van der Waals surface area contributed by atoms with Crippen LogP contribution in [0.2, 0.25) is 0 Å². The fraction of sp³-hybridized carbons (Fsp3) is 0.571. The number of aliphatic hydroxyl groups excluding tert-OH is 1. The van der Waals surface area contributed by atoms with E-state index >= 15 is 0 Å². The summed E-state index contributed by atoms with van der Waals surface area (Å²) in [5, 5.41) is 10.1. The largest absolute Gasteiger partial charge is 0.388 e. The number of aryl methyl sites for hydroxylation is 1. The second-order valence-electron chi connectivity index (χ2n) is 5.03. The molecule has 0 aliphatic rings. The molecule has 0 amide bonds. The Balaban J connectivity index is 2.64. The topological polar surface area (TPSA) is 29.5 Å². The molecule has 2 nitrogen and oxygen atoms in total. The van der Waals surface area contributed by atoms with Crippen LogP contribution in [0, 0.1) is 6.92 Å². The Hall–Kier alpha value is -0.380. The number of ether oxygens (including phenoxy) is 1. The lowest BCUT2D eigenvalue weighted by Gasteiger charge is -2.24. The van der Waals surface area contributed by atoms with Crippen LogP contribution in [-0.2, 0) is 4.74 Å². The molecule has 0 aliphatic heterocycles. The van der Waals surface area contributed by atoms with Crippen LogP contribution in [0.5, 0.6) is 0 Å². The first-order chi connectivity index (χ1) is 7.85. The highest BCUT2D eigenvalue weighted by Gasteiger charge is 2.19. The molecule has 1 atom stereocenters. The third kappa shape index (κ3) is 4.41. The van der Waals surface area contributed by atoms with Crippen LogP contribution in [0.15, 0.2) is 22.7 Å². The minimum atomic E-state index is -0.429. The first kappa shape index (κ1) is 14.7. The predicted octanol–water partition coefficient (Wildman–Crippen LogP) is 4.00. The quantitative estimate of drug-likeness (QED) is 0.891. The summed E-state index contributed by atoms with van der Waals surface area (Å²) < 4.78 is 6.39. The van der Waals surface area contributed by atoms with Gasteiger partial charge in [-0.15, -0.1) is 0 Å². The summed E-state index contributed by atoms with van der Waals surface area (Å²) in [5.74, 6) is 0. The summed E-state index contributed by atoms with van der Waals surface area (Å²) in [6, 6.07) is 5.98. The molecule has 1 N–H and O–H groups in total. The fourth-order valence-corrected chi connectivity index (χ4v) is 1.97. The van der Waals surface area contributed by atoms with Crippen LogP contribution >= 0.6 is 15.9 Å². The van der Waals surface area contributed by atoms with Gasteiger partial charge >= 0.3 is 0 Å². The van der Waals surface area contributed by atoms with E-state index in [0.29, 0.717) is 6.42 Å². The molecule has 1 unspecified atom stereocenters. The molecule has 0 aliphatic carbocycles. The lowest BCUT2D eigenvalue weighted by atomic mass is 9.96. The molecule has 3 heteroatoms. The second kappa shape index (κ2) is 5.98. The fourth-order valence-electron chi connectivity index (χ4n) is 1.57. The number of halogens is 1. The van der Waals surface area contributed by atoms with Crippen molar-refractivity contribution in [1.29, 1.82) is 0 Å². The van der Waals surface area contributed by atoms with Crippen molar-refractivity contribution in [2.75, 3.05) is 7.11 Å². The van der Waals surface area contributed by atoms with Gasteiger partial charge in [0.15, 0.2) is 0 Å². The standard InChI is InChI=1S/C14H21BrO2/c1-10-5-6-11(9-12(10)15)13(16)7-8-14(2,3)17-4/h5-6,9,13,16H,7-8H2,1-4H3. The van der Waals surface area contributed by atoms with Gasteiger partial charge in [0.05, 0.1) is 11.7 Å². The maximum Gasteiger partial charge on any atom is 0.0791 e. The number of hydrogen-bond donors (Lipinski definition) is 1. The molecule has 0 spiro atoms. The van der Waals surface area contributed by atoms with Crippen molar-refractivity contribution in [1.82, 2.24) is 0 Å². The Morgan fingerprint density at radius 3 is 2.59 bits per heavy atom. The maximum atomic E-state index is 10.1. The number of benzene rings is 1. The summed E-state index contributed by atoms with van der Waals surface area (Å²) in [4.78, 5) is 0. The molecule has 0 heterocycles. The zero-order valence-corrected chi connectivity index (χ0v) is 12.5. The summed E-state index contributed by atoms with van der Waals surface area (Å²) in [6.07, 6.45) is 1.10. The molecule has 0 aromatic heterocycles. The molecule has 17 heavy (non-hydrogen) atoms. The molecule has 1 aromatic rings. The van der Waals surface area contributed by atoms with E-state index in [1.54, 1.807) is 7.11 Å². The highest BCUT2D eigenvalue weighted by Crippen LogP contribution is 2.27. The Morgan fingerprint density at radius 2 is 2.06 bits per heavy atom. The van der Waals surface area contributed by atoms with Gasteiger partial charge in [-0.1, -0.05) is 28.1 Å². The van der Waals surface area contributed by atoms with Crippen LogP contribution in [0.4, 0.5) is 0 Å². The van der Waals surface area contributed by atoms with Gasteiger partial charge in [-0.05, 0) is 50.8 Å². The number of rotatable bonds is 5. The van der Waals surface area contributed by atoms with E-state index in [0.717, 1.165) is 16.5 Å². The third-order valence-electron chi connectivity index (χ3n) is 3.15. The van der Waals surface area contributed by atoms with E-state index < -0.39 is 6.10 Å². The van der Waals surface area contributed by atoms with Crippen LogP contribution in [-0.4, -0.2) is 17.8 Å². The van der Waals surface area contributed by atoms with Gasteiger partial charge in [0.25, 0.3) is 0 Å². The molecule has 96 valence electrons. The van der Waals surface area contributed by atoms with Gasteiger partial charge < -0.3 is 9.84 Å². The zero-order valence-electron chi connectivity index (χ0n) is 11.0. The lowest BCUT2D eigenvalue weighted by Crippen LogP contribution is -2.23. The highest BCUT2D eigenvalue weighted by molar-refractivity contribution is 9.10. The van der Waals surface area contributed by atoms with Crippen molar-refractivity contribution in [3.8, 4) is 0 Å². The normalized spacial score (nSPS) is 13.8. The van der Waals surface area contributed by atoms with Gasteiger partial charge in [0.2, 0.25) is 0 Å². The van der Waals surface area contributed by atoms with Crippen molar-refractivity contribution in [3.63, 3.8) is 0 Å². The zero-order chi connectivity index (χ0) is 13.1. The molecular weight excluding hydrogens is 280 g/mol. The first-order valence-electron chi connectivity index (χ1n) is 5.85. The molecule has 0 saturated carbocycles. The van der Waals surface area contributed by atoms with Crippen molar-refractivity contribution >= 4 is 15.9 Å². The summed E-state index contributed by atoms with van der Waals surface area (Å²) in [5.41, 5.74) is 1.95. The maximum absolute atomic E-state index is 10.1. The molecule has 0 bridgehead atoms. The monoisotopic (exact) mass is 300 g/mol. The van der Waals surface area contributed by atoms with Crippen LogP contribution in [0.1, 0.15) is 43.9 Å². The smallest absolute Gasteiger partial charge is 0.0791 e. The number of hydrogen-bond acceptors (Lipinski definition) is 2. The van der Waals surface area contributed by atoms with Crippen molar-refractivity contribution in [3.05, 3.63) is 33.8 Å². The van der Waals surface area contributed by atoms with Crippen molar-refractivity contribution in [2.45, 2.75) is 45.3 Å². The summed E-state index contributed by atoms with van der Waals surface area (Å²) in [7, 11) is 1.70. The van der Waals surface area contributed by atoms with Gasteiger partial charge in [0, 0.05) is 11.6 Å². The van der Waals surface area contributed by atoms with E-state index in [9.17, 15) is 5.11 Å². The highest BCUT2D eigenvalue weighted by atomic mass is 79.9. The number of aliphatic hydroxyl groups is 1. The minimum Gasteiger partial charge on any atom is -0.388 e. The molecule has 0 fully saturated rings. The molecule has 1 aromatic carbocycles. The molecule has 0 saturated heterocycles. The first-order valence-corrected chi connectivity index (χ1v) is 6.64. The lowest BCUT2D eigenvalue weighted by molar-refractivity contribution is 0.00278. The average Bonchev–Trinajstić information content (AvgIpc) is 2.30. The van der Waals surface area contributed by atoms with Crippen LogP contribution < -0.4 is 0 Å². The van der Waals surface area contributed by atoms with Crippen LogP contribution in [0.3, 0.4) is 0 Å². The van der Waals surface area contributed by atoms with E-state index in [1.807, 2.05) is 39.0 Å². The Kier molecular flexibility index (Phi) is 5.17. The van der Waals surface area contributed by atoms with Gasteiger partial charge in [0.1, 0.15) is 0 Å². The molecular formula is C14H21BrO2. The van der Waals surface area contributed by atoms with E-state index in [1.165, 1.54) is 5.56 Å². The Bertz CT molecular complexity index is 374. The van der Waals surface area contributed by atoms with Crippen molar-refractivity contribution in [2.24, 2.45) is 0 Å². The minimum absolute atomic E-state index is 0.178. The van der Waals surface area contributed by atoms with Crippen LogP contribution in [0.25, 0.3) is 0 Å². The van der Waals surface area contributed by atoms with Gasteiger partial charge in [-0.3, -0.25) is 0 Å². The predicted molar refractivity (Wildman–Crippen MR) is 74.2 cm³/mol. The van der Waals surface area contributed by atoms with Gasteiger partial charge in [-0.2, -0.15) is 0 Å². The summed E-state index contributed by atoms with van der Waals surface area (Å²) in [6.45, 7) is 6.10. The van der Waals surface area contributed by atoms with E-state index in [-0.39, 0.29) is 5.60 Å². The summed E-state index contributed by atoms with van der Waals surface area (Å²) >= 11 is 3.48. The second-order valence-corrected chi connectivity index (χ2v) is 5.88. The van der Waals surface area contributed by atoms with Gasteiger partial charge in [-0.25, -0.2) is 0 Å². The molecule has 1 rings (SSSR count). The number of methoxy groups -OCH3 is 1. The Morgan fingerprint density at radius 1 is 1.41 bits per heavy atom. The average molecular weight is 301 g/mol. The SMILES string of the molecule is COC(C)(C)CCC(O)c1ccc(C)c(Br)c1. The van der Waals surface area contributed by atoms with E-state index in [4.69, 9.17) is 4.74 Å². The Labute approximate surface area is 112 Å². The van der Waals surface area contributed by atoms with Crippen molar-refractivity contribution < 1.29 is 9.84 Å².